The lowest BCUT2D eigenvalue weighted by molar-refractivity contribution is -0.0447. The van der Waals surface area contributed by atoms with Crippen LogP contribution in [0.15, 0.2) is 0 Å². The summed E-state index contributed by atoms with van der Waals surface area (Å²) in [6.07, 6.45) is 4.76. The molecule has 0 aromatic carbocycles. The molecule has 0 aliphatic carbocycles. The minimum Gasteiger partial charge on any atom is -0.373 e. The van der Waals surface area contributed by atoms with Crippen LogP contribution in [0.25, 0.3) is 0 Å². The van der Waals surface area contributed by atoms with Crippen LogP contribution in [0.3, 0.4) is 0 Å². The lowest BCUT2D eigenvalue weighted by atomic mass is 10.4. The average Bonchev–Trinajstić information content (AvgIpc) is 3.16. The maximum atomic E-state index is 13.9. The maximum absolute atomic E-state index is 13.9. The van der Waals surface area contributed by atoms with Gasteiger partial charge in [0.15, 0.2) is 0 Å². The van der Waals surface area contributed by atoms with E-state index >= 15 is 0 Å². The van der Waals surface area contributed by atoms with Gasteiger partial charge in [-0.05, 0) is 64.7 Å². The molecule has 6 fully saturated rings. The van der Waals surface area contributed by atoms with E-state index in [1.165, 1.54) is 0 Å². The van der Waals surface area contributed by atoms with Crippen molar-refractivity contribution in [3.05, 3.63) is 0 Å². The summed E-state index contributed by atoms with van der Waals surface area (Å²) in [4.78, 5) is 0. The molecule has 0 aromatic rings. The van der Waals surface area contributed by atoms with E-state index in [-0.39, 0.29) is 51.3 Å². The molecule has 0 radical (unpaired) electrons. The molecule has 59 heavy (non-hydrogen) atoms. The molecule has 348 valence electrons. The Balaban J connectivity index is 2.00. The van der Waals surface area contributed by atoms with Gasteiger partial charge in [0.2, 0.25) is 0 Å². The van der Waals surface area contributed by atoms with Crippen LogP contribution in [-0.2, 0) is 59.0 Å². The normalized spacial score (nSPS) is 43.1. The summed E-state index contributed by atoms with van der Waals surface area (Å²) < 4.78 is 131. The molecule has 6 saturated heterocycles. The Hall–Kier alpha value is 1.33. The Kier molecular flexibility index (Phi) is 15.5. The zero-order valence-corrected chi connectivity index (χ0v) is 47.8. The van der Waals surface area contributed by atoms with Gasteiger partial charge < -0.3 is 58.5 Å². The maximum Gasteiger partial charge on any atom is 0.481 e. The molecule has 8 bridgehead atoms. The lowest BCUT2D eigenvalue weighted by Gasteiger charge is -2.66. The molecule has 0 saturated carbocycles. The van der Waals surface area contributed by atoms with Gasteiger partial charge in [0, 0.05) is 50.6 Å². The van der Waals surface area contributed by atoms with Crippen molar-refractivity contribution in [1.82, 2.24) is 0 Å². The third-order valence-corrected chi connectivity index (χ3v) is 57.3. The van der Waals surface area contributed by atoms with Crippen LogP contribution < -0.4 is 0 Å². The summed E-state index contributed by atoms with van der Waals surface area (Å²) >= 11 is 0. The van der Waals surface area contributed by atoms with E-state index in [2.05, 4.69) is 96.9 Å². The fourth-order valence-corrected chi connectivity index (χ4v) is 64.8. The van der Waals surface area contributed by atoms with Gasteiger partial charge in [0.1, 0.15) is 0 Å². The van der Waals surface area contributed by atoms with Crippen molar-refractivity contribution in [2.75, 3.05) is 5.75 Å². The van der Waals surface area contributed by atoms with Gasteiger partial charge in [0.25, 0.3) is 0 Å². The molecule has 0 amide bonds. The van der Waals surface area contributed by atoms with Crippen LogP contribution in [0.4, 0.5) is 0 Å². The quantitative estimate of drug-likeness (QED) is 0.110. The molecule has 8 unspecified atom stereocenters. The second kappa shape index (κ2) is 17.9. The van der Waals surface area contributed by atoms with Crippen LogP contribution >= 0.6 is 0 Å². The summed E-state index contributed by atoms with van der Waals surface area (Å²) in [6.45, 7) is 32.6. The van der Waals surface area contributed by atoms with Gasteiger partial charge in [0.05, 0.1) is 14.9 Å². The monoisotopic (exact) mass is 996 g/mol. The molecule has 6 aliphatic rings. The van der Waals surface area contributed by atoms with Crippen molar-refractivity contribution in [3.63, 3.8) is 0 Å². The first kappa shape index (κ1) is 51.3. The van der Waals surface area contributed by atoms with Crippen LogP contribution in [0.1, 0.15) is 169 Å². The average molecular weight is 998 g/mol. The molecular weight excluding hydrogens is 917 g/mol. The highest BCUT2D eigenvalue weighted by Crippen LogP contribution is 2.61. The van der Waals surface area contributed by atoms with Crippen LogP contribution in [0, 0.1) is 0 Å². The molecule has 2 N–H and O–H groups in total. The third-order valence-electron chi connectivity index (χ3n) is 14.4. The van der Waals surface area contributed by atoms with Gasteiger partial charge in [-0.3, -0.25) is 0 Å². The van der Waals surface area contributed by atoms with Crippen molar-refractivity contribution < 1.29 is 62.7 Å². The van der Waals surface area contributed by atoms with E-state index in [1.807, 2.05) is 0 Å². The third kappa shape index (κ3) is 8.86. The van der Waals surface area contributed by atoms with E-state index in [0.29, 0.717) is 51.4 Å². The van der Waals surface area contributed by atoms with Crippen molar-refractivity contribution >= 4 is 80.1 Å². The van der Waals surface area contributed by atoms with Crippen molar-refractivity contribution in [2.45, 2.75) is 219 Å². The first-order valence-corrected chi connectivity index (χ1v) is 39.5. The fourth-order valence-electron chi connectivity index (χ4n) is 8.05. The van der Waals surface area contributed by atoms with Crippen molar-refractivity contribution in [3.8, 4) is 0 Å². The highest BCUT2D eigenvalue weighted by Gasteiger charge is 2.86. The fraction of sp³-hybridized carbons (Fsp3) is 1.00. The summed E-state index contributed by atoms with van der Waals surface area (Å²) in [7, 11) is -38.5. The highest BCUT2D eigenvalue weighted by atomic mass is 32.3. The van der Waals surface area contributed by atoms with E-state index in [4.69, 9.17) is 49.4 Å². The molecule has 0 spiro atoms. The molecule has 8 atom stereocenters. The molecule has 6 aliphatic heterocycles. The molecule has 6 rings (SSSR count). The molecular formula is C35H80O15SSi8. The van der Waals surface area contributed by atoms with Gasteiger partial charge in [-0.2, -0.15) is 0 Å². The second-order valence-corrected chi connectivity index (χ2v) is 48.8. The Bertz CT molecular complexity index is 1400. The van der Waals surface area contributed by atoms with Crippen LogP contribution in [0.2, 0.25) is 44.8 Å². The summed E-state index contributed by atoms with van der Waals surface area (Å²) in [5, 5.41) is -0.855. The van der Waals surface area contributed by atoms with Gasteiger partial charge in [-0.1, -0.05) is 104 Å². The molecule has 15 nitrogen and oxygen atoms in total. The predicted octanol–water partition coefficient (Wildman–Crippen LogP) is 10.3. The molecule has 0 aromatic heterocycles. The van der Waals surface area contributed by atoms with E-state index < -0.39 is 91.1 Å². The summed E-state index contributed by atoms with van der Waals surface area (Å²) in [5.74, 6) is -0.406. The second-order valence-electron chi connectivity index (χ2n) is 18.4. The van der Waals surface area contributed by atoms with Gasteiger partial charge in [-0.25, -0.2) is 4.21 Å². The van der Waals surface area contributed by atoms with E-state index in [9.17, 15) is 13.3 Å². The number of rotatable bonds is 20. The standard InChI is InChI=1S/C35H80O15SSi8/c1-17-28(9)51(36,37,38)26-25-27-52-39-53(29(10)18-2)42-56(32(13)21-5)44-54(40-52,30(11)19-3)46-58(34(15)23-7)47-55(41-52,31(12)20-4)45-57(43-53,33(14)22-6)49-59(48-56,50-58)35(16)24-8/h28-35H,17-27H2,1-16H3,(H2,36,37,38). The van der Waals surface area contributed by atoms with Crippen molar-refractivity contribution in [2.24, 2.45) is 0 Å². The Morgan fingerprint density at radius 3 is 0.763 bits per heavy atom. The molecule has 6 heterocycles. The topological polar surface area (TPSA) is 168 Å². The summed E-state index contributed by atoms with van der Waals surface area (Å²) in [6, 6.07) is 0.0224. The SMILES string of the molecule is CCC(C)[Si]12O[Si]3(CCCS(=O)(O)(O)C(C)CC)O[Si]4(C(C)CC)O[Si](C(C)CC)(O1)O[Si]1(C(C)CC)O[Si](C(C)CC)(O2)O[Si](C(C)CC)(O3)O[Si](C(C)CC)(O4)O1. The minimum atomic E-state index is -5.07. The van der Waals surface area contributed by atoms with Crippen LogP contribution in [-0.4, -0.2) is 94.8 Å². The Labute approximate surface area is 365 Å². The zero-order chi connectivity index (χ0) is 44.3. The zero-order valence-electron chi connectivity index (χ0n) is 39.0. The van der Waals surface area contributed by atoms with Gasteiger partial charge >= 0.3 is 70.4 Å². The van der Waals surface area contributed by atoms with E-state index in [1.54, 1.807) is 13.8 Å². The number of hydrogen-bond donors (Lipinski definition) is 2. The predicted molar refractivity (Wildman–Crippen MR) is 245 cm³/mol. The summed E-state index contributed by atoms with van der Waals surface area (Å²) in [5.41, 5.74) is -2.11. The highest BCUT2D eigenvalue weighted by molar-refractivity contribution is 8.10. The Morgan fingerprint density at radius 2 is 0.576 bits per heavy atom. The first-order chi connectivity index (χ1) is 27.3. The smallest absolute Gasteiger partial charge is 0.373 e. The van der Waals surface area contributed by atoms with Crippen LogP contribution in [0.5, 0.6) is 0 Å². The minimum absolute atomic E-state index is 0.0224. The lowest BCUT2D eigenvalue weighted by Crippen LogP contribution is -2.90. The first-order valence-electron chi connectivity index (χ1n) is 22.9. The van der Waals surface area contributed by atoms with Gasteiger partial charge in [-0.15, -0.1) is 0 Å². The van der Waals surface area contributed by atoms with Crippen molar-refractivity contribution in [1.29, 1.82) is 0 Å². The van der Waals surface area contributed by atoms with E-state index in [0.717, 1.165) is 0 Å². The largest absolute Gasteiger partial charge is 0.481 e. The Morgan fingerprint density at radius 1 is 0.373 bits per heavy atom. The molecule has 24 heteroatoms. The number of hydrogen-bond acceptors (Lipinski definition) is 13.